The molecule has 0 amide bonds. The molecule has 0 bridgehead atoms. The summed E-state index contributed by atoms with van der Waals surface area (Å²) in [5.74, 6) is 0.478. The third-order valence-corrected chi connectivity index (χ3v) is 5.12. The Hall–Kier alpha value is -1.83. The number of aryl methyl sites for hydroxylation is 1. The first-order valence-corrected chi connectivity index (χ1v) is 9.41. The van der Waals surface area contributed by atoms with E-state index >= 15 is 0 Å². The first kappa shape index (κ1) is 18.5. The van der Waals surface area contributed by atoms with Gasteiger partial charge in [0.15, 0.2) is 0 Å². The molecule has 7 nitrogen and oxygen atoms in total. The number of nitro groups is 1. The minimum absolute atomic E-state index is 0.276. The van der Waals surface area contributed by atoms with Crippen molar-refractivity contribution in [2.45, 2.75) is 17.6 Å². The monoisotopic (exact) mass is 368 g/mol. The van der Waals surface area contributed by atoms with Gasteiger partial charge in [-0.25, -0.2) is 4.79 Å². The lowest BCUT2D eigenvalue weighted by Gasteiger charge is -2.08. The maximum absolute atomic E-state index is 12.0. The first-order chi connectivity index (χ1) is 11.2. The van der Waals surface area contributed by atoms with Gasteiger partial charge in [-0.1, -0.05) is 29.8 Å². The van der Waals surface area contributed by atoms with E-state index in [1.807, 2.05) is 31.2 Å². The number of nitrogens with zero attached hydrogens (tertiary/aromatic N) is 1. The molecule has 0 atom stereocenters. The van der Waals surface area contributed by atoms with Crippen LogP contribution in [0.1, 0.15) is 21.5 Å². The number of hydrogen-bond donors (Lipinski definition) is 3. The summed E-state index contributed by atoms with van der Waals surface area (Å²) in [7, 11) is -4.78. The molecule has 0 saturated heterocycles. The SMILES string of the molecule is Cc1ccc(CSc2ccc([N+](=O)[O-])cc2C(=O)[P+](O)(O)O)cc1. The molecule has 2 aromatic rings. The molecule has 0 fully saturated rings. The molecule has 24 heavy (non-hydrogen) atoms. The van der Waals surface area contributed by atoms with Crippen LogP contribution in [-0.4, -0.2) is 25.1 Å². The zero-order valence-electron chi connectivity index (χ0n) is 12.6. The molecule has 0 saturated carbocycles. The van der Waals surface area contributed by atoms with Crippen molar-refractivity contribution in [1.82, 2.24) is 0 Å². The summed E-state index contributed by atoms with van der Waals surface area (Å²) in [6.07, 6.45) is 0. The van der Waals surface area contributed by atoms with Crippen LogP contribution in [0.5, 0.6) is 0 Å². The van der Waals surface area contributed by atoms with E-state index in [1.165, 1.54) is 23.9 Å². The molecular formula is C15H15NO6PS+. The Morgan fingerprint density at radius 1 is 1.17 bits per heavy atom. The predicted octanol–water partition coefficient (Wildman–Crippen LogP) is 3.08. The minimum Gasteiger partial charge on any atom is -0.258 e. The highest BCUT2D eigenvalue weighted by Gasteiger charge is 2.45. The molecule has 0 aromatic heterocycles. The highest BCUT2D eigenvalue weighted by atomic mass is 32.2. The van der Waals surface area contributed by atoms with Gasteiger partial charge < -0.3 is 0 Å². The van der Waals surface area contributed by atoms with Gasteiger partial charge in [0.05, 0.1) is 10.5 Å². The molecule has 9 heteroatoms. The molecule has 0 aliphatic heterocycles. The van der Waals surface area contributed by atoms with Crippen LogP contribution in [0.25, 0.3) is 0 Å². The van der Waals surface area contributed by atoms with E-state index < -0.39 is 18.4 Å². The zero-order valence-corrected chi connectivity index (χ0v) is 14.3. The van der Waals surface area contributed by atoms with Crippen molar-refractivity contribution >= 4 is 30.9 Å². The van der Waals surface area contributed by atoms with Crippen LogP contribution >= 0.6 is 19.7 Å². The topological polar surface area (TPSA) is 121 Å². The van der Waals surface area contributed by atoms with E-state index in [9.17, 15) is 29.6 Å². The lowest BCUT2D eigenvalue weighted by Crippen LogP contribution is -2.07. The summed E-state index contributed by atoms with van der Waals surface area (Å²) in [5, 5.41) is 10.9. The number of carbonyl (C=O) groups excluding carboxylic acids is 1. The fourth-order valence-corrected chi connectivity index (χ4v) is 3.50. The van der Waals surface area contributed by atoms with Gasteiger partial charge in [-0.3, -0.25) is 10.1 Å². The molecular weight excluding hydrogens is 353 g/mol. The van der Waals surface area contributed by atoms with Crippen molar-refractivity contribution in [2.75, 3.05) is 0 Å². The van der Waals surface area contributed by atoms with Crippen LogP contribution < -0.4 is 0 Å². The van der Waals surface area contributed by atoms with Crippen LogP contribution in [0, 0.1) is 17.0 Å². The van der Waals surface area contributed by atoms with Crippen LogP contribution in [-0.2, 0) is 5.75 Å². The summed E-state index contributed by atoms with van der Waals surface area (Å²) in [6, 6.07) is 11.2. The van der Waals surface area contributed by atoms with Crippen LogP contribution in [0.4, 0.5) is 5.69 Å². The van der Waals surface area contributed by atoms with Crippen LogP contribution in [0.15, 0.2) is 47.4 Å². The van der Waals surface area contributed by atoms with E-state index in [0.29, 0.717) is 10.6 Å². The minimum atomic E-state index is -4.78. The van der Waals surface area contributed by atoms with E-state index in [2.05, 4.69) is 0 Å². The fraction of sp³-hybridized carbons (Fsp3) is 0.133. The van der Waals surface area contributed by atoms with Crippen LogP contribution in [0.3, 0.4) is 0 Å². The maximum atomic E-state index is 12.0. The zero-order chi connectivity index (χ0) is 17.9. The van der Waals surface area contributed by atoms with E-state index in [0.717, 1.165) is 17.2 Å². The van der Waals surface area contributed by atoms with Crippen molar-refractivity contribution < 1.29 is 24.4 Å². The first-order valence-electron chi connectivity index (χ1n) is 6.77. The second-order valence-electron chi connectivity index (χ2n) is 5.09. The van der Waals surface area contributed by atoms with Gasteiger partial charge in [-0.2, -0.15) is 14.7 Å². The van der Waals surface area contributed by atoms with E-state index in [4.69, 9.17) is 0 Å². The van der Waals surface area contributed by atoms with Crippen molar-refractivity contribution in [2.24, 2.45) is 0 Å². The lowest BCUT2D eigenvalue weighted by atomic mass is 10.2. The average molecular weight is 368 g/mol. The highest BCUT2D eigenvalue weighted by Crippen LogP contribution is 2.50. The molecule has 2 rings (SSSR count). The summed E-state index contributed by atoms with van der Waals surface area (Å²) >= 11 is 1.21. The number of thioether (sulfide) groups is 1. The fourth-order valence-electron chi connectivity index (χ4n) is 1.93. The van der Waals surface area contributed by atoms with Crippen molar-refractivity contribution in [3.05, 3.63) is 69.3 Å². The quantitative estimate of drug-likeness (QED) is 0.310. The lowest BCUT2D eigenvalue weighted by molar-refractivity contribution is -0.384. The Morgan fingerprint density at radius 2 is 1.79 bits per heavy atom. The van der Waals surface area contributed by atoms with Gasteiger partial charge in [0.25, 0.3) is 5.69 Å². The smallest absolute Gasteiger partial charge is 0.258 e. The third kappa shape index (κ3) is 4.59. The van der Waals surface area contributed by atoms with Crippen molar-refractivity contribution in [3.8, 4) is 0 Å². The Morgan fingerprint density at radius 3 is 2.33 bits per heavy atom. The van der Waals surface area contributed by atoms with Crippen molar-refractivity contribution in [1.29, 1.82) is 0 Å². The molecule has 126 valence electrons. The van der Waals surface area contributed by atoms with E-state index in [-0.39, 0.29) is 11.3 Å². The van der Waals surface area contributed by atoms with E-state index in [1.54, 1.807) is 0 Å². The molecule has 0 spiro atoms. The Bertz CT molecular complexity index is 773. The number of rotatable bonds is 6. The maximum Gasteiger partial charge on any atom is 0.483 e. The van der Waals surface area contributed by atoms with Gasteiger partial charge in [-0.05, 0) is 18.6 Å². The summed E-state index contributed by atoms with van der Waals surface area (Å²) in [6.45, 7) is 1.96. The Kier molecular flexibility index (Phi) is 5.69. The van der Waals surface area contributed by atoms with Gasteiger partial charge in [0.1, 0.15) is 0 Å². The Balaban J connectivity index is 2.32. The van der Waals surface area contributed by atoms with Crippen LogP contribution in [0.2, 0.25) is 0 Å². The standard InChI is InChI=1S/C15H15NO6PS/c1-10-2-4-11(5-3-10)9-24-14-7-6-12(16(18)19)8-13(14)15(17)23(20,21)22/h2-8,20-22H,9H2,1H3/q+1. The molecule has 0 aliphatic rings. The summed E-state index contributed by atoms with van der Waals surface area (Å²) < 4.78 is 0. The normalized spacial score (nSPS) is 11.3. The second kappa shape index (κ2) is 7.38. The highest BCUT2D eigenvalue weighted by molar-refractivity contribution is 7.98. The van der Waals surface area contributed by atoms with Crippen molar-refractivity contribution in [3.63, 3.8) is 0 Å². The molecule has 0 unspecified atom stereocenters. The largest absolute Gasteiger partial charge is 0.483 e. The predicted molar refractivity (Wildman–Crippen MR) is 91.7 cm³/mol. The summed E-state index contributed by atoms with van der Waals surface area (Å²) in [5.41, 5.74) is 0.122. The average Bonchev–Trinajstić information content (AvgIpc) is 2.52. The number of non-ortho nitro benzene ring substituents is 1. The summed E-state index contributed by atoms with van der Waals surface area (Å²) in [4.78, 5) is 50.1. The Labute approximate surface area is 142 Å². The molecule has 3 N–H and O–H groups in total. The molecule has 0 heterocycles. The van der Waals surface area contributed by atoms with Gasteiger partial charge in [-0.15, -0.1) is 11.8 Å². The second-order valence-corrected chi connectivity index (χ2v) is 7.65. The van der Waals surface area contributed by atoms with Gasteiger partial charge >= 0.3 is 13.5 Å². The number of nitro benzene ring substituents is 1. The molecule has 0 radical (unpaired) electrons. The number of carbonyl (C=O) groups is 1. The van der Waals surface area contributed by atoms with Gasteiger partial charge in [0.2, 0.25) is 0 Å². The number of benzene rings is 2. The van der Waals surface area contributed by atoms with Gasteiger partial charge in [0, 0.05) is 22.8 Å². The number of hydrogen-bond acceptors (Lipinski definition) is 7. The molecule has 2 aromatic carbocycles. The molecule has 0 aliphatic carbocycles. The third-order valence-electron chi connectivity index (χ3n) is 3.19.